The van der Waals surface area contributed by atoms with Crippen LogP contribution >= 0.6 is 12.4 Å². The smallest absolute Gasteiger partial charge is 0.321 e. The molecular weight excluding hydrogens is 292 g/mol. The number of halogens is 1. The number of amides is 3. The summed E-state index contributed by atoms with van der Waals surface area (Å²) in [5.41, 5.74) is 6.06. The summed E-state index contributed by atoms with van der Waals surface area (Å²) in [4.78, 5) is 25.4. The topological polar surface area (TPSA) is 87.5 Å². The van der Waals surface area contributed by atoms with Crippen molar-refractivity contribution in [2.24, 2.45) is 17.1 Å². The molecule has 6 nitrogen and oxygen atoms in total. The molecule has 124 valence electrons. The van der Waals surface area contributed by atoms with Crippen molar-refractivity contribution in [1.29, 1.82) is 0 Å². The molecule has 1 heterocycles. The molecule has 1 unspecified atom stereocenters. The Morgan fingerprint density at radius 1 is 1.38 bits per heavy atom. The van der Waals surface area contributed by atoms with E-state index in [-0.39, 0.29) is 36.3 Å². The van der Waals surface area contributed by atoms with Gasteiger partial charge in [0.2, 0.25) is 5.91 Å². The SMILES string of the molecule is CC(C)CNC(=O)NC(=O)CN1CCC(N)C(C)(C)C1.Cl. The second kappa shape index (κ2) is 8.56. The lowest BCUT2D eigenvalue weighted by Gasteiger charge is -2.42. The van der Waals surface area contributed by atoms with Crippen LogP contribution in [-0.2, 0) is 4.79 Å². The maximum atomic E-state index is 11.8. The number of carbonyl (C=O) groups is 2. The fourth-order valence-electron chi connectivity index (χ4n) is 2.33. The van der Waals surface area contributed by atoms with Crippen LogP contribution in [0.15, 0.2) is 0 Å². The van der Waals surface area contributed by atoms with Gasteiger partial charge in [-0.2, -0.15) is 0 Å². The maximum absolute atomic E-state index is 11.8. The van der Waals surface area contributed by atoms with Gasteiger partial charge in [0.15, 0.2) is 0 Å². The minimum absolute atomic E-state index is 0. The molecule has 0 spiro atoms. The van der Waals surface area contributed by atoms with E-state index >= 15 is 0 Å². The summed E-state index contributed by atoms with van der Waals surface area (Å²) in [5.74, 6) is 0.0951. The summed E-state index contributed by atoms with van der Waals surface area (Å²) >= 11 is 0. The molecule has 1 fully saturated rings. The lowest BCUT2D eigenvalue weighted by Crippen LogP contribution is -2.55. The van der Waals surface area contributed by atoms with Crippen LogP contribution in [0.4, 0.5) is 4.79 Å². The molecule has 7 heteroatoms. The number of nitrogens with zero attached hydrogens (tertiary/aromatic N) is 1. The Hall–Kier alpha value is -0.850. The maximum Gasteiger partial charge on any atom is 0.321 e. The summed E-state index contributed by atoms with van der Waals surface area (Å²) in [6.07, 6.45) is 0.875. The van der Waals surface area contributed by atoms with Gasteiger partial charge < -0.3 is 11.1 Å². The van der Waals surface area contributed by atoms with E-state index in [2.05, 4.69) is 29.4 Å². The molecule has 0 aliphatic carbocycles. The third-order valence-electron chi connectivity index (χ3n) is 3.68. The summed E-state index contributed by atoms with van der Waals surface area (Å²) in [7, 11) is 0. The minimum atomic E-state index is -0.420. The Balaban J connectivity index is 0.00000400. The van der Waals surface area contributed by atoms with Gasteiger partial charge in [0.25, 0.3) is 0 Å². The van der Waals surface area contributed by atoms with E-state index in [0.29, 0.717) is 12.5 Å². The fraction of sp³-hybridized carbons (Fsp3) is 0.857. The first-order valence-electron chi connectivity index (χ1n) is 7.26. The van der Waals surface area contributed by atoms with Gasteiger partial charge >= 0.3 is 6.03 Å². The van der Waals surface area contributed by atoms with Crippen molar-refractivity contribution >= 4 is 24.3 Å². The van der Waals surface area contributed by atoms with Crippen molar-refractivity contribution in [3.05, 3.63) is 0 Å². The monoisotopic (exact) mass is 320 g/mol. The number of carbonyl (C=O) groups excluding carboxylic acids is 2. The minimum Gasteiger partial charge on any atom is -0.338 e. The average molecular weight is 321 g/mol. The quantitative estimate of drug-likeness (QED) is 0.719. The van der Waals surface area contributed by atoms with E-state index in [9.17, 15) is 9.59 Å². The molecule has 3 amide bonds. The molecule has 0 radical (unpaired) electrons. The highest BCUT2D eigenvalue weighted by Gasteiger charge is 2.33. The van der Waals surface area contributed by atoms with Gasteiger partial charge in [-0.1, -0.05) is 27.7 Å². The van der Waals surface area contributed by atoms with Crippen LogP contribution in [0, 0.1) is 11.3 Å². The van der Waals surface area contributed by atoms with Crippen LogP contribution in [0.25, 0.3) is 0 Å². The largest absolute Gasteiger partial charge is 0.338 e. The summed E-state index contributed by atoms with van der Waals surface area (Å²) in [6, 6.07) is -0.257. The van der Waals surface area contributed by atoms with Gasteiger partial charge in [-0.15, -0.1) is 12.4 Å². The number of likely N-dealkylation sites (tertiary alicyclic amines) is 1. The van der Waals surface area contributed by atoms with Crippen LogP contribution < -0.4 is 16.4 Å². The molecule has 1 aliphatic rings. The van der Waals surface area contributed by atoms with Crippen LogP contribution in [-0.4, -0.2) is 49.1 Å². The number of piperidine rings is 1. The number of imide groups is 1. The van der Waals surface area contributed by atoms with Crippen molar-refractivity contribution in [2.45, 2.75) is 40.2 Å². The van der Waals surface area contributed by atoms with Crippen molar-refractivity contribution in [2.75, 3.05) is 26.2 Å². The lowest BCUT2D eigenvalue weighted by molar-refractivity contribution is -0.122. The summed E-state index contributed by atoms with van der Waals surface area (Å²) < 4.78 is 0. The van der Waals surface area contributed by atoms with E-state index in [1.165, 1.54) is 0 Å². The first kappa shape index (κ1) is 20.1. The molecule has 1 atom stereocenters. The van der Waals surface area contributed by atoms with Crippen LogP contribution in [0.3, 0.4) is 0 Å². The first-order valence-corrected chi connectivity index (χ1v) is 7.26. The van der Waals surface area contributed by atoms with Gasteiger partial charge in [-0.25, -0.2) is 4.79 Å². The molecule has 21 heavy (non-hydrogen) atoms. The average Bonchev–Trinajstić information content (AvgIpc) is 2.31. The molecule has 0 aromatic carbocycles. The Morgan fingerprint density at radius 3 is 2.52 bits per heavy atom. The standard InChI is InChI=1S/C14H28N4O2.ClH/c1-10(2)7-16-13(20)17-12(19)8-18-6-5-11(15)14(3,4)9-18;/h10-11H,5-9,15H2,1-4H3,(H2,16,17,19,20);1H. The predicted octanol–water partition coefficient (Wildman–Crippen LogP) is 0.949. The molecule has 4 N–H and O–H groups in total. The van der Waals surface area contributed by atoms with Gasteiger partial charge in [0.05, 0.1) is 6.54 Å². The first-order chi connectivity index (χ1) is 9.20. The second-order valence-electron chi connectivity index (χ2n) is 6.75. The summed E-state index contributed by atoms with van der Waals surface area (Å²) in [5, 5.41) is 5.02. The van der Waals surface area contributed by atoms with Gasteiger partial charge in [0, 0.05) is 25.7 Å². The van der Waals surface area contributed by atoms with Crippen LogP contribution in [0.1, 0.15) is 34.1 Å². The highest BCUT2D eigenvalue weighted by Crippen LogP contribution is 2.27. The number of hydrogen-bond donors (Lipinski definition) is 3. The normalized spacial score (nSPS) is 21.5. The van der Waals surface area contributed by atoms with E-state index in [1.807, 2.05) is 13.8 Å². The Bertz CT molecular complexity index is 361. The van der Waals surface area contributed by atoms with Crippen molar-refractivity contribution in [3.8, 4) is 0 Å². The number of nitrogens with two attached hydrogens (primary N) is 1. The second-order valence-corrected chi connectivity index (χ2v) is 6.75. The Kier molecular flexibility index (Phi) is 8.21. The van der Waals surface area contributed by atoms with E-state index < -0.39 is 6.03 Å². The van der Waals surface area contributed by atoms with E-state index in [0.717, 1.165) is 19.5 Å². The zero-order valence-corrected chi connectivity index (χ0v) is 14.3. The van der Waals surface area contributed by atoms with Crippen molar-refractivity contribution in [3.63, 3.8) is 0 Å². The molecule has 0 aromatic heterocycles. The Labute approximate surface area is 133 Å². The van der Waals surface area contributed by atoms with Gasteiger partial charge in [0.1, 0.15) is 0 Å². The molecule has 1 saturated heterocycles. The van der Waals surface area contributed by atoms with Gasteiger partial charge in [-0.3, -0.25) is 15.0 Å². The summed E-state index contributed by atoms with van der Waals surface area (Å²) in [6.45, 7) is 10.6. The fourth-order valence-corrected chi connectivity index (χ4v) is 2.33. The molecule has 0 bridgehead atoms. The molecular formula is C14H29ClN4O2. The highest BCUT2D eigenvalue weighted by molar-refractivity contribution is 5.95. The molecule has 0 aromatic rings. The van der Waals surface area contributed by atoms with Crippen LogP contribution in [0.5, 0.6) is 0 Å². The van der Waals surface area contributed by atoms with Crippen molar-refractivity contribution < 1.29 is 9.59 Å². The zero-order valence-electron chi connectivity index (χ0n) is 13.4. The third kappa shape index (κ3) is 7.11. The van der Waals surface area contributed by atoms with E-state index in [1.54, 1.807) is 0 Å². The number of urea groups is 1. The van der Waals surface area contributed by atoms with Crippen LogP contribution in [0.2, 0.25) is 0 Å². The van der Waals surface area contributed by atoms with Gasteiger partial charge in [-0.05, 0) is 17.8 Å². The molecule has 0 saturated carbocycles. The lowest BCUT2D eigenvalue weighted by atomic mass is 9.80. The van der Waals surface area contributed by atoms with E-state index in [4.69, 9.17) is 5.73 Å². The van der Waals surface area contributed by atoms with Crippen molar-refractivity contribution in [1.82, 2.24) is 15.5 Å². The zero-order chi connectivity index (χ0) is 15.3. The molecule has 1 aliphatic heterocycles. The number of nitrogens with one attached hydrogen (secondary N) is 2. The third-order valence-corrected chi connectivity index (χ3v) is 3.68. The number of rotatable bonds is 4. The highest BCUT2D eigenvalue weighted by atomic mass is 35.5. The molecule has 1 rings (SSSR count). The number of hydrogen-bond acceptors (Lipinski definition) is 4. The Morgan fingerprint density at radius 2 is 2.00 bits per heavy atom. The predicted molar refractivity (Wildman–Crippen MR) is 86.4 cm³/mol.